The van der Waals surface area contributed by atoms with Crippen LogP contribution >= 0.6 is 0 Å². The van der Waals surface area contributed by atoms with Crippen molar-refractivity contribution in [2.24, 2.45) is 5.92 Å². The van der Waals surface area contributed by atoms with Gasteiger partial charge in [0.1, 0.15) is 5.75 Å². The van der Waals surface area contributed by atoms with E-state index in [1.54, 1.807) is 43.2 Å². The maximum Gasteiger partial charge on any atom is 0.309 e. The van der Waals surface area contributed by atoms with Crippen molar-refractivity contribution in [3.63, 3.8) is 0 Å². The number of piperidine rings is 1. The van der Waals surface area contributed by atoms with Crippen molar-refractivity contribution >= 4 is 23.5 Å². The number of carbonyl (C=O) groups excluding carboxylic acids is 3. The Balaban J connectivity index is 1.48. The van der Waals surface area contributed by atoms with E-state index >= 15 is 0 Å². The van der Waals surface area contributed by atoms with E-state index in [-0.39, 0.29) is 11.8 Å². The van der Waals surface area contributed by atoms with Gasteiger partial charge >= 0.3 is 5.97 Å². The number of esters is 1. The van der Waals surface area contributed by atoms with Crippen LogP contribution < -0.4 is 10.1 Å². The molecule has 0 radical (unpaired) electrons. The summed E-state index contributed by atoms with van der Waals surface area (Å²) in [7, 11) is 1.57. The van der Waals surface area contributed by atoms with E-state index in [1.165, 1.54) is 0 Å². The first-order valence-corrected chi connectivity index (χ1v) is 10.4. The number of likely N-dealkylation sites (tertiary alicyclic amines) is 1. The number of aryl methyl sites for hydroxylation is 1. The van der Waals surface area contributed by atoms with Crippen molar-refractivity contribution in [1.29, 1.82) is 0 Å². The maximum absolute atomic E-state index is 12.7. The standard InChI is InChI=1S/C24H28N2O5/c1-16-6-4-5-7-21(16)23(28)26-14-12-18(13-15-26)24(29)31-17(2)22(27)25-19-8-10-20(30-3)11-9-19/h4-11,17-18H,12-15H2,1-3H3,(H,25,27)/t17-/m1/s1. The minimum atomic E-state index is -0.916. The number of methoxy groups -OCH3 is 1. The summed E-state index contributed by atoms with van der Waals surface area (Å²) in [6.45, 7) is 4.43. The van der Waals surface area contributed by atoms with E-state index in [0.29, 0.717) is 42.9 Å². The Morgan fingerprint density at radius 3 is 2.29 bits per heavy atom. The molecule has 1 aliphatic heterocycles. The third-order valence-corrected chi connectivity index (χ3v) is 5.51. The van der Waals surface area contributed by atoms with Crippen LogP contribution in [0.5, 0.6) is 5.75 Å². The summed E-state index contributed by atoms with van der Waals surface area (Å²) in [5, 5.41) is 2.72. The first kappa shape index (κ1) is 22.3. The number of ether oxygens (including phenoxy) is 2. The number of rotatable bonds is 6. The van der Waals surface area contributed by atoms with Gasteiger partial charge in [0.25, 0.3) is 11.8 Å². The van der Waals surface area contributed by atoms with Gasteiger partial charge in [-0.25, -0.2) is 0 Å². The van der Waals surface area contributed by atoms with E-state index in [2.05, 4.69) is 5.32 Å². The molecule has 1 atom stereocenters. The summed E-state index contributed by atoms with van der Waals surface area (Å²) in [5.74, 6) is -0.454. The molecule has 7 heteroatoms. The summed E-state index contributed by atoms with van der Waals surface area (Å²) in [6, 6.07) is 14.4. The van der Waals surface area contributed by atoms with Crippen LogP contribution in [0.4, 0.5) is 5.69 Å². The monoisotopic (exact) mass is 424 g/mol. The van der Waals surface area contributed by atoms with Gasteiger partial charge in [-0.1, -0.05) is 18.2 Å². The van der Waals surface area contributed by atoms with E-state index in [1.807, 2.05) is 31.2 Å². The predicted molar refractivity (Wildman–Crippen MR) is 117 cm³/mol. The van der Waals surface area contributed by atoms with Gasteiger partial charge < -0.3 is 19.7 Å². The number of hydrogen-bond donors (Lipinski definition) is 1. The lowest BCUT2D eigenvalue weighted by Crippen LogP contribution is -2.42. The normalized spacial score (nSPS) is 15.1. The maximum atomic E-state index is 12.7. The van der Waals surface area contributed by atoms with Crippen LogP contribution in [0.25, 0.3) is 0 Å². The van der Waals surface area contributed by atoms with E-state index < -0.39 is 18.0 Å². The average Bonchev–Trinajstić information content (AvgIpc) is 2.79. The largest absolute Gasteiger partial charge is 0.497 e. The van der Waals surface area contributed by atoms with Crippen LogP contribution in [-0.4, -0.2) is 49.0 Å². The van der Waals surface area contributed by atoms with Crippen LogP contribution in [0.1, 0.15) is 35.7 Å². The molecule has 0 aromatic heterocycles. The first-order valence-electron chi connectivity index (χ1n) is 10.4. The molecule has 0 bridgehead atoms. The van der Waals surface area contributed by atoms with Gasteiger partial charge in [-0.2, -0.15) is 0 Å². The van der Waals surface area contributed by atoms with Gasteiger partial charge in [-0.3, -0.25) is 14.4 Å². The topological polar surface area (TPSA) is 84.9 Å². The molecule has 31 heavy (non-hydrogen) atoms. The number of amides is 2. The fourth-order valence-corrected chi connectivity index (χ4v) is 3.54. The SMILES string of the molecule is COc1ccc(NC(=O)[C@@H](C)OC(=O)C2CCN(C(=O)c3ccccc3C)CC2)cc1. The molecule has 1 N–H and O–H groups in total. The molecular weight excluding hydrogens is 396 g/mol. The Morgan fingerprint density at radius 2 is 1.68 bits per heavy atom. The third kappa shape index (κ3) is 5.63. The Kier molecular flexibility index (Phi) is 7.28. The lowest BCUT2D eigenvalue weighted by Gasteiger charge is -2.31. The molecule has 2 aromatic carbocycles. The van der Waals surface area contributed by atoms with E-state index in [9.17, 15) is 14.4 Å². The van der Waals surface area contributed by atoms with Gasteiger partial charge in [-0.05, 0) is 62.6 Å². The molecule has 1 heterocycles. The highest BCUT2D eigenvalue weighted by Crippen LogP contribution is 2.22. The summed E-state index contributed by atoms with van der Waals surface area (Å²) in [6.07, 6.45) is 0.119. The lowest BCUT2D eigenvalue weighted by molar-refractivity contribution is -0.158. The summed E-state index contributed by atoms with van der Waals surface area (Å²) < 4.78 is 10.5. The van der Waals surface area contributed by atoms with E-state index in [4.69, 9.17) is 9.47 Å². The molecule has 3 rings (SSSR count). The van der Waals surface area contributed by atoms with Gasteiger partial charge in [-0.15, -0.1) is 0 Å². The van der Waals surface area contributed by atoms with Crippen molar-refractivity contribution in [2.45, 2.75) is 32.8 Å². The second kappa shape index (κ2) is 10.1. The molecule has 0 saturated carbocycles. The molecule has 1 fully saturated rings. The molecule has 0 aliphatic carbocycles. The van der Waals surface area contributed by atoms with Crippen molar-refractivity contribution < 1.29 is 23.9 Å². The first-order chi connectivity index (χ1) is 14.9. The predicted octanol–water partition coefficient (Wildman–Crippen LogP) is 3.43. The zero-order valence-electron chi connectivity index (χ0n) is 18.1. The highest BCUT2D eigenvalue weighted by atomic mass is 16.5. The van der Waals surface area contributed by atoms with Crippen LogP contribution in [0.2, 0.25) is 0 Å². The molecule has 0 unspecified atom stereocenters. The van der Waals surface area contributed by atoms with Gasteiger partial charge in [0.15, 0.2) is 6.10 Å². The summed E-state index contributed by atoms with van der Waals surface area (Å²) >= 11 is 0. The molecule has 1 saturated heterocycles. The number of nitrogens with one attached hydrogen (secondary N) is 1. The zero-order valence-corrected chi connectivity index (χ0v) is 18.1. The minimum absolute atomic E-state index is 0.0165. The second-order valence-electron chi connectivity index (χ2n) is 7.68. The lowest BCUT2D eigenvalue weighted by atomic mass is 9.96. The van der Waals surface area contributed by atoms with Crippen LogP contribution in [-0.2, 0) is 14.3 Å². The molecule has 164 valence electrons. The molecular formula is C24H28N2O5. The van der Waals surface area contributed by atoms with Crippen LogP contribution in [0, 0.1) is 12.8 Å². The average molecular weight is 424 g/mol. The molecule has 2 amide bonds. The minimum Gasteiger partial charge on any atom is -0.497 e. The van der Waals surface area contributed by atoms with Crippen molar-refractivity contribution in [3.8, 4) is 5.75 Å². The third-order valence-electron chi connectivity index (χ3n) is 5.51. The quantitative estimate of drug-likeness (QED) is 0.718. The number of carbonyl (C=O) groups is 3. The smallest absolute Gasteiger partial charge is 0.309 e. The van der Waals surface area contributed by atoms with Crippen molar-refractivity contribution in [2.75, 3.05) is 25.5 Å². The number of anilines is 1. The van der Waals surface area contributed by atoms with Crippen LogP contribution in [0.15, 0.2) is 48.5 Å². The van der Waals surface area contributed by atoms with Gasteiger partial charge in [0.2, 0.25) is 0 Å². The summed E-state index contributed by atoms with van der Waals surface area (Å²) in [5.41, 5.74) is 2.22. The Bertz CT molecular complexity index is 933. The second-order valence-corrected chi connectivity index (χ2v) is 7.68. The Hall–Kier alpha value is -3.35. The molecule has 0 spiro atoms. The van der Waals surface area contributed by atoms with Gasteiger partial charge in [0.05, 0.1) is 13.0 Å². The van der Waals surface area contributed by atoms with Crippen molar-refractivity contribution in [3.05, 3.63) is 59.7 Å². The molecule has 7 nitrogen and oxygen atoms in total. The summed E-state index contributed by atoms with van der Waals surface area (Å²) in [4.78, 5) is 39.4. The fraction of sp³-hybridized carbons (Fsp3) is 0.375. The zero-order chi connectivity index (χ0) is 22.4. The fourth-order valence-electron chi connectivity index (χ4n) is 3.54. The molecule has 1 aliphatic rings. The Labute approximate surface area is 182 Å². The van der Waals surface area contributed by atoms with Crippen molar-refractivity contribution in [1.82, 2.24) is 4.90 Å². The highest BCUT2D eigenvalue weighted by Gasteiger charge is 2.31. The highest BCUT2D eigenvalue weighted by molar-refractivity contribution is 5.96. The van der Waals surface area contributed by atoms with Crippen LogP contribution in [0.3, 0.4) is 0 Å². The number of hydrogen-bond acceptors (Lipinski definition) is 5. The molecule has 2 aromatic rings. The van der Waals surface area contributed by atoms with E-state index in [0.717, 1.165) is 5.56 Å². The number of benzene rings is 2. The van der Waals surface area contributed by atoms with Gasteiger partial charge in [0, 0.05) is 24.3 Å². The Morgan fingerprint density at radius 1 is 1.03 bits per heavy atom. The number of nitrogens with zero attached hydrogens (tertiary/aromatic N) is 1.